The molecule has 1 amide bonds. The van der Waals surface area contributed by atoms with Gasteiger partial charge in [-0.1, -0.05) is 18.5 Å². The van der Waals surface area contributed by atoms with Crippen LogP contribution in [-0.2, 0) is 11.8 Å². The average Bonchev–Trinajstić information content (AvgIpc) is 3.21. The highest BCUT2D eigenvalue weighted by atomic mass is 35.5. The van der Waals surface area contributed by atoms with Crippen LogP contribution in [0.3, 0.4) is 0 Å². The number of amides is 1. The van der Waals surface area contributed by atoms with Crippen LogP contribution < -0.4 is 0 Å². The molecule has 0 unspecified atom stereocenters. The zero-order valence-electron chi connectivity index (χ0n) is 16.2. The molecule has 0 saturated heterocycles. The maximum atomic E-state index is 13.4. The van der Waals surface area contributed by atoms with Gasteiger partial charge in [0.15, 0.2) is 0 Å². The van der Waals surface area contributed by atoms with Crippen molar-refractivity contribution in [3.8, 4) is 0 Å². The number of halogens is 1. The Labute approximate surface area is 176 Å². The van der Waals surface area contributed by atoms with Crippen LogP contribution in [0.1, 0.15) is 59.5 Å². The SMILES string of the molecule is CC1(c2nnc(C(=O)N3CCc4[nH]cnc4[C@@H]3c3cc4c(Cl)cccn4n3)o2)CC1. The van der Waals surface area contributed by atoms with Gasteiger partial charge in [0.05, 0.1) is 28.3 Å². The van der Waals surface area contributed by atoms with E-state index in [0.29, 0.717) is 29.6 Å². The number of hydrogen-bond donors (Lipinski definition) is 1. The van der Waals surface area contributed by atoms with Gasteiger partial charge < -0.3 is 14.3 Å². The molecule has 0 spiro atoms. The number of carbonyl (C=O) groups is 1. The van der Waals surface area contributed by atoms with E-state index in [1.807, 2.05) is 24.4 Å². The largest absolute Gasteiger partial charge is 0.416 e. The molecule has 2 aliphatic rings. The number of aromatic amines is 1. The standard InChI is InChI=1S/C20H18ClN7O2/c1-20(5-6-20)19-25-24-17(30-19)18(29)27-8-4-12-15(23-10-22-12)16(27)13-9-14-11(21)3-2-7-28(14)26-13/h2-3,7,9-10,16H,4-6,8H2,1H3,(H,22,23)/t16-/m0/s1. The summed E-state index contributed by atoms with van der Waals surface area (Å²) in [6.45, 7) is 2.55. The van der Waals surface area contributed by atoms with Gasteiger partial charge in [-0.15, -0.1) is 10.2 Å². The van der Waals surface area contributed by atoms with Crippen molar-refractivity contribution >= 4 is 23.0 Å². The molecule has 0 bridgehead atoms. The number of carbonyl (C=O) groups excluding carboxylic acids is 1. The number of fused-ring (bicyclic) bond motifs is 2. The van der Waals surface area contributed by atoms with E-state index < -0.39 is 6.04 Å². The highest BCUT2D eigenvalue weighted by Crippen LogP contribution is 2.47. The first-order valence-corrected chi connectivity index (χ1v) is 10.2. The second-order valence-corrected chi connectivity index (χ2v) is 8.55. The van der Waals surface area contributed by atoms with E-state index in [1.165, 1.54) is 0 Å². The van der Waals surface area contributed by atoms with E-state index in [9.17, 15) is 4.79 Å². The molecule has 4 aromatic heterocycles. The minimum absolute atomic E-state index is 0.00362. The minimum Gasteiger partial charge on any atom is -0.416 e. The molecule has 4 aromatic rings. The van der Waals surface area contributed by atoms with E-state index in [2.05, 4.69) is 32.2 Å². The van der Waals surface area contributed by atoms with Gasteiger partial charge in [-0.25, -0.2) is 9.50 Å². The fourth-order valence-corrected chi connectivity index (χ4v) is 4.22. The van der Waals surface area contributed by atoms with E-state index >= 15 is 0 Å². The summed E-state index contributed by atoms with van der Waals surface area (Å²) >= 11 is 6.34. The first kappa shape index (κ1) is 17.6. The third-order valence-corrected chi connectivity index (χ3v) is 6.38. The van der Waals surface area contributed by atoms with Crippen LogP contribution in [0.5, 0.6) is 0 Å². The number of pyridine rings is 1. The summed E-state index contributed by atoms with van der Waals surface area (Å²) in [6, 6.07) is 5.05. The Bertz CT molecular complexity index is 1290. The topological polar surface area (TPSA) is 105 Å². The summed E-state index contributed by atoms with van der Waals surface area (Å²) in [4.78, 5) is 22.8. The monoisotopic (exact) mass is 423 g/mol. The number of rotatable bonds is 3. The first-order valence-electron chi connectivity index (χ1n) is 9.84. The van der Waals surface area contributed by atoms with Gasteiger partial charge in [-0.05, 0) is 31.0 Å². The quantitative estimate of drug-likeness (QED) is 0.543. The fourth-order valence-electron chi connectivity index (χ4n) is 4.01. The maximum absolute atomic E-state index is 13.4. The van der Waals surface area contributed by atoms with Crippen molar-refractivity contribution < 1.29 is 9.21 Å². The summed E-state index contributed by atoms with van der Waals surface area (Å²) in [5.74, 6) is 0.211. The lowest BCUT2D eigenvalue weighted by atomic mass is 9.99. The summed E-state index contributed by atoms with van der Waals surface area (Å²) in [5.41, 5.74) is 3.11. The average molecular weight is 424 g/mol. The van der Waals surface area contributed by atoms with Gasteiger partial charge in [-0.2, -0.15) is 5.10 Å². The molecule has 152 valence electrons. The number of H-pyrrole nitrogens is 1. The van der Waals surface area contributed by atoms with Crippen molar-refractivity contribution in [1.82, 2.24) is 34.7 Å². The van der Waals surface area contributed by atoms with E-state index in [1.54, 1.807) is 15.7 Å². The van der Waals surface area contributed by atoms with Crippen molar-refractivity contribution in [2.24, 2.45) is 0 Å². The molecule has 1 saturated carbocycles. The van der Waals surface area contributed by atoms with Crippen LogP contribution in [0.2, 0.25) is 5.02 Å². The maximum Gasteiger partial charge on any atom is 0.312 e. The van der Waals surface area contributed by atoms with Crippen LogP contribution in [0.15, 0.2) is 35.1 Å². The number of imidazole rings is 1. The summed E-state index contributed by atoms with van der Waals surface area (Å²) < 4.78 is 7.48. The van der Waals surface area contributed by atoms with Gasteiger partial charge in [0, 0.05) is 30.3 Å². The summed E-state index contributed by atoms with van der Waals surface area (Å²) in [6.07, 6.45) is 6.12. The lowest BCUT2D eigenvalue weighted by Crippen LogP contribution is -2.41. The molecule has 9 nitrogen and oxygen atoms in total. The van der Waals surface area contributed by atoms with Crippen molar-refractivity contribution in [3.05, 3.63) is 64.6 Å². The molecule has 0 radical (unpaired) electrons. The number of aromatic nitrogens is 6. The number of nitrogens with zero attached hydrogens (tertiary/aromatic N) is 6. The minimum atomic E-state index is -0.477. The molecular weight excluding hydrogens is 406 g/mol. The van der Waals surface area contributed by atoms with Crippen LogP contribution in [0, 0.1) is 0 Å². The van der Waals surface area contributed by atoms with Crippen LogP contribution >= 0.6 is 11.6 Å². The third kappa shape index (κ3) is 2.58. The Morgan fingerprint density at radius 3 is 3.03 bits per heavy atom. The molecule has 1 aliphatic carbocycles. The zero-order valence-corrected chi connectivity index (χ0v) is 16.9. The zero-order chi connectivity index (χ0) is 20.5. The normalized spacial score (nSPS) is 19.8. The highest BCUT2D eigenvalue weighted by molar-refractivity contribution is 6.33. The third-order valence-electron chi connectivity index (χ3n) is 6.06. The van der Waals surface area contributed by atoms with Crippen molar-refractivity contribution in [3.63, 3.8) is 0 Å². The first-order chi connectivity index (χ1) is 14.5. The predicted octanol–water partition coefficient (Wildman–Crippen LogP) is 2.93. The predicted molar refractivity (Wildman–Crippen MR) is 106 cm³/mol. The Kier molecular flexibility index (Phi) is 3.62. The summed E-state index contributed by atoms with van der Waals surface area (Å²) in [7, 11) is 0. The lowest BCUT2D eigenvalue weighted by molar-refractivity contribution is 0.0643. The molecule has 6 rings (SSSR count). The van der Waals surface area contributed by atoms with Crippen LogP contribution in [0.4, 0.5) is 0 Å². The second kappa shape index (κ2) is 6.15. The Morgan fingerprint density at radius 2 is 2.23 bits per heavy atom. The van der Waals surface area contributed by atoms with E-state index in [0.717, 1.165) is 29.7 Å². The van der Waals surface area contributed by atoms with Crippen molar-refractivity contribution in [2.75, 3.05) is 6.54 Å². The second-order valence-electron chi connectivity index (χ2n) is 8.15. The molecule has 30 heavy (non-hydrogen) atoms. The Balaban J connectivity index is 1.43. The van der Waals surface area contributed by atoms with Gasteiger partial charge >= 0.3 is 11.8 Å². The van der Waals surface area contributed by atoms with Gasteiger partial charge in [-0.3, -0.25) is 4.79 Å². The lowest BCUT2D eigenvalue weighted by Gasteiger charge is -2.32. The molecular formula is C20H18ClN7O2. The van der Waals surface area contributed by atoms with Crippen LogP contribution in [0.25, 0.3) is 5.52 Å². The molecule has 10 heteroatoms. The van der Waals surface area contributed by atoms with E-state index in [4.69, 9.17) is 16.0 Å². The molecule has 0 aromatic carbocycles. The van der Waals surface area contributed by atoms with Gasteiger partial charge in [0.2, 0.25) is 5.89 Å². The smallest absolute Gasteiger partial charge is 0.312 e. The summed E-state index contributed by atoms with van der Waals surface area (Å²) in [5, 5.41) is 13.4. The number of hydrogen-bond acceptors (Lipinski definition) is 6. The van der Waals surface area contributed by atoms with Gasteiger partial charge in [0.1, 0.15) is 6.04 Å². The molecule has 1 N–H and O–H groups in total. The molecule has 1 aliphatic heterocycles. The molecule has 1 fully saturated rings. The fraction of sp³-hybridized carbons (Fsp3) is 0.350. The van der Waals surface area contributed by atoms with E-state index in [-0.39, 0.29) is 17.2 Å². The van der Waals surface area contributed by atoms with Crippen molar-refractivity contribution in [2.45, 2.75) is 37.6 Å². The Morgan fingerprint density at radius 1 is 1.37 bits per heavy atom. The van der Waals surface area contributed by atoms with Crippen molar-refractivity contribution in [1.29, 1.82) is 0 Å². The highest BCUT2D eigenvalue weighted by Gasteiger charge is 2.45. The number of nitrogens with one attached hydrogen (secondary N) is 1. The van der Waals surface area contributed by atoms with Crippen LogP contribution in [-0.4, -0.2) is 47.1 Å². The Hall–Kier alpha value is -3.20. The molecule has 1 atom stereocenters. The molecule has 5 heterocycles. The van der Waals surface area contributed by atoms with Gasteiger partial charge in [0.25, 0.3) is 0 Å².